The summed E-state index contributed by atoms with van der Waals surface area (Å²) in [5, 5.41) is 1.43. The van der Waals surface area contributed by atoms with Crippen LogP contribution in [0.1, 0.15) is 5.56 Å². The lowest BCUT2D eigenvalue weighted by atomic mass is 10.0. The van der Waals surface area contributed by atoms with Crippen molar-refractivity contribution < 1.29 is 0 Å². The van der Waals surface area contributed by atoms with Gasteiger partial charge in [-0.25, -0.2) is 0 Å². The maximum absolute atomic E-state index is 6.10. The Morgan fingerprint density at radius 3 is 2.06 bits per heavy atom. The molecule has 0 saturated carbocycles. The van der Waals surface area contributed by atoms with E-state index in [2.05, 4.69) is 0 Å². The van der Waals surface area contributed by atoms with Gasteiger partial charge in [0, 0.05) is 16.6 Å². The van der Waals surface area contributed by atoms with Crippen molar-refractivity contribution in [2.45, 2.75) is 6.54 Å². The molecule has 0 bridgehead atoms. The van der Waals surface area contributed by atoms with Crippen LogP contribution in [0, 0.1) is 0 Å². The highest BCUT2D eigenvalue weighted by Gasteiger charge is 2.02. The van der Waals surface area contributed by atoms with Gasteiger partial charge >= 0.3 is 0 Å². The fourth-order valence-corrected chi connectivity index (χ4v) is 1.92. The Labute approximate surface area is 105 Å². The largest absolute Gasteiger partial charge is 0.326 e. The smallest absolute Gasteiger partial charge is 0.0457 e. The summed E-state index contributed by atoms with van der Waals surface area (Å²) in [5.74, 6) is 0. The Hall–Kier alpha value is -1.02. The molecule has 0 aromatic heterocycles. The highest BCUT2D eigenvalue weighted by Crippen LogP contribution is 2.26. The molecule has 0 atom stereocenters. The van der Waals surface area contributed by atoms with E-state index < -0.39 is 0 Å². The third kappa shape index (κ3) is 2.38. The van der Waals surface area contributed by atoms with Gasteiger partial charge in [-0.3, -0.25) is 0 Å². The molecule has 0 amide bonds. The Bertz CT molecular complexity index is 492. The van der Waals surface area contributed by atoms with E-state index in [1.165, 1.54) is 0 Å². The molecule has 0 unspecified atom stereocenters. The van der Waals surface area contributed by atoms with Gasteiger partial charge in [0.05, 0.1) is 0 Å². The fourth-order valence-electron chi connectivity index (χ4n) is 1.53. The summed E-state index contributed by atoms with van der Waals surface area (Å²) in [5.41, 5.74) is 8.68. The van der Waals surface area contributed by atoms with Crippen molar-refractivity contribution in [3.8, 4) is 11.1 Å². The second kappa shape index (κ2) is 4.88. The van der Waals surface area contributed by atoms with Gasteiger partial charge in [-0.15, -0.1) is 0 Å². The number of rotatable bonds is 2. The summed E-state index contributed by atoms with van der Waals surface area (Å²) in [6.45, 7) is 0.458. The van der Waals surface area contributed by atoms with Gasteiger partial charge in [0.1, 0.15) is 0 Å². The minimum absolute atomic E-state index is 0.458. The Kier molecular flexibility index (Phi) is 3.49. The summed E-state index contributed by atoms with van der Waals surface area (Å²) >= 11 is 11.9. The van der Waals surface area contributed by atoms with Gasteiger partial charge in [-0.2, -0.15) is 0 Å². The van der Waals surface area contributed by atoms with Gasteiger partial charge in [0.15, 0.2) is 0 Å². The van der Waals surface area contributed by atoms with Gasteiger partial charge in [0.2, 0.25) is 0 Å². The second-order valence-corrected chi connectivity index (χ2v) is 4.36. The van der Waals surface area contributed by atoms with Crippen molar-refractivity contribution in [3.63, 3.8) is 0 Å². The number of halogens is 2. The molecule has 2 rings (SSSR count). The zero-order valence-corrected chi connectivity index (χ0v) is 10.1. The van der Waals surface area contributed by atoms with Gasteiger partial charge in [-0.05, 0) is 34.9 Å². The first-order valence-electron chi connectivity index (χ1n) is 4.95. The van der Waals surface area contributed by atoms with E-state index in [0.717, 1.165) is 21.7 Å². The van der Waals surface area contributed by atoms with Crippen molar-refractivity contribution in [3.05, 3.63) is 58.1 Å². The second-order valence-electron chi connectivity index (χ2n) is 3.52. The first kappa shape index (κ1) is 11.5. The molecule has 16 heavy (non-hydrogen) atoms. The molecule has 2 aromatic carbocycles. The molecule has 3 heteroatoms. The summed E-state index contributed by atoms with van der Waals surface area (Å²) < 4.78 is 0. The van der Waals surface area contributed by atoms with Crippen molar-refractivity contribution in [1.29, 1.82) is 0 Å². The number of benzene rings is 2. The molecule has 0 radical (unpaired) electrons. The van der Waals surface area contributed by atoms with Crippen LogP contribution in [-0.2, 0) is 6.54 Å². The average Bonchev–Trinajstić information content (AvgIpc) is 2.30. The first-order chi connectivity index (χ1) is 7.70. The minimum atomic E-state index is 0.458. The number of hydrogen-bond donors (Lipinski definition) is 1. The fraction of sp³-hybridized carbons (Fsp3) is 0.0769. The predicted octanol–water partition coefficient (Wildman–Crippen LogP) is 4.12. The maximum atomic E-state index is 6.10. The predicted molar refractivity (Wildman–Crippen MR) is 69.8 cm³/mol. The average molecular weight is 252 g/mol. The van der Waals surface area contributed by atoms with E-state index in [9.17, 15) is 0 Å². The molecule has 0 aliphatic heterocycles. The molecular weight excluding hydrogens is 241 g/mol. The molecule has 0 aliphatic carbocycles. The summed E-state index contributed by atoms with van der Waals surface area (Å²) in [4.78, 5) is 0. The van der Waals surface area contributed by atoms with Crippen molar-refractivity contribution in [2.24, 2.45) is 5.73 Å². The summed E-state index contributed by atoms with van der Waals surface area (Å²) in [6, 6.07) is 13.5. The molecule has 0 heterocycles. The molecule has 0 saturated heterocycles. The molecule has 0 spiro atoms. The highest BCUT2D eigenvalue weighted by molar-refractivity contribution is 6.31. The summed E-state index contributed by atoms with van der Waals surface area (Å²) in [7, 11) is 0. The van der Waals surface area contributed by atoms with Gasteiger partial charge in [-0.1, -0.05) is 47.5 Å². The monoisotopic (exact) mass is 251 g/mol. The van der Waals surface area contributed by atoms with E-state index in [1.54, 1.807) is 0 Å². The molecule has 0 aliphatic rings. The maximum Gasteiger partial charge on any atom is 0.0457 e. The first-order valence-corrected chi connectivity index (χ1v) is 5.71. The standard InChI is InChI=1S/C13H11Cl2N/c14-12-5-3-9(4-6-12)10-1-2-11(8-16)13(15)7-10/h1-7H,8,16H2. The van der Waals surface area contributed by atoms with Crippen molar-refractivity contribution in [1.82, 2.24) is 0 Å². The molecule has 82 valence electrons. The van der Waals surface area contributed by atoms with Crippen LogP contribution in [-0.4, -0.2) is 0 Å². The van der Waals surface area contributed by atoms with E-state index in [0.29, 0.717) is 11.6 Å². The van der Waals surface area contributed by atoms with Crippen LogP contribution in [0.25, 0.3) is 11.1 Å². The Morgan fingerprint density at radius 1 is 0.875 bits per heavy atom. The van der Waals surface area contributed by atoms with E-state index in [4.69, 9.17) is 28.9 Å². The summed E-state index contributed by atoms with van der Waals surface area (Å²) in [6.07, 6.45) is 0. The van der Waals surface area contributed by atoms with Crippen LogP contribution in [0.15, 0.2) is 42.5 Å². The van der Waals surface area contributed by atoms with Crippen LogP contribution in [0.5, 0.6) is 0 Å². The molecular formula is C13H11Cl2N. The Balaban J connectivity index is 2.41. The quantitative estimate of drug-likeness (QED) is 0.854. The molecule has 2 aromatic rings. The van der Waals surface area contributed by atoms with E-state index >= 15 is 0 Å². The van der Waals surface area contributed by atoms with Crippen LogP contribution < -0.4 is 5.73 Å². The van der Waals surface area contributed by atoms with E-state index in [-0.39, 0.29) is 0 Å². The molecule has 0 fully saturated rings. The molecule has 1 nitrogen and oxygen atoms in total. The van der Waals surface area contributed by atoms with E-state index in [1.807, 2.05) is 42.5 Å². The lowest BCUT2D eigenvalue weighted by Gasteiger charge is -2.05. The SMILES string of the molecule is NCc1ccc(-c2ccc(Cl)cc2)cc1Cl. The number of hydrogen-bond acceptors (Lipinski definition) is 1. The van der Waals surface area contributed by atoms with Crippen LogP contribution in [0.2, 0.25) is 10.0 Å². The van der Waals surface area contributed by atoms with Crippen molar-refractivity contribution in [2.75, 3.05) is 0 Å². The Morgan fingerprint density at radius 2 is 1.50 bits per heavy atom. The van der Waals surface area contributed by atoms with Gasteiger partial charge in [0.25, 0.3) is 0 Å². The zero-order valence-electron chi connectivity index (χ0n) is 8.58. The molecule has 2 N–H and O–H groups in total. The topological polar surface area (TPSA) is 26.0 Å². The lowest BCUT2D eigenvalue weighted by molar-refractivity contribution is 1.07. The minimum Gasteiger partial charge on any atom is -0.326 e. The third-order valence-corrected chi connectivity index (χ3v) is 3.05. The lowest BCUT2D eigenvalue weighted by Crippen LogP contribution is -1.96. The zero-order chi connectivity index (χ0) is 11.5. The normalized spacial score (nSPS) is 10.4. The number of nitrogens with two attached hydrogens (primary N) is 1. The third-order valence-electron chi connectivity index (χ3n) is 2.45. The van der Waals surface area contributed by atoms with Crippen LogP contribution in [0.4, 0.5) is 0 Å². The highest BCUT2D eigenvalue weighted by atomic mass is 35.5. The van der Waals surface area contributed by atoms with Crippen LogP contribution >= 0.6 is 23.2 Å². The van der Waals surface area contributed by atoms with Crippen molar-refractivity contribution >= 4 is 23.2 Å². The van der Waals surface area contributed by atoms with Gasteiger partial charge < -0.3 is 5.73 Å². The van der Waals surface area contributed by atoms with Crippen LogP contribution in [0.3, 0.4) is 0 Å².